The second-order valence-electron chi connectivity index (χ2n) is 5.37. The topological polar surface area (TPSA) is 63.4 Å². The Balaban J connectivity index is 2.43. The molecule has 4 nitrogen and oxygen atoms in total. The first-order chi connectivity index (χ1) is 9.25. The number of anilines is 1. The maximum atomic E-state index is 12.7. The Bertz CT molecular complexity index is 619. The van der Waals surface area contributed by atoms with Crippen molar-refractivity contribution in [1.29, 1.82) is 0 Å². The summed E-state index contributed by atoms with van der Waals surface area (Å²) in [6.45, 7) is 4.55. The molecular weight excluding hydrogens is 319 g/mol. The largest absolute Gasteiger partial charge is 0.396 e. The summed E-state index contributed by atoms with van der Waals surface area (Å²) < 4.78 is 27.0. The number of halogens is 2. The molecule has 1 aromatic carbocycles. The number of piperidine rings is 1. The maximum absolute atomic E-state index is 12.7. The van der Waals surface area contributed by atoms with E-state index in [9.17, 15) is 8.42 Å². The summed E-state index contributed by atoms with van der Waals surface area (Å²) in [6.07, 6.45) is 1.70. The molecule has 20 heavy (non-hydrogen) atoms. The number of hydrogen-bond donors (Lipinski definition) is 1. The van der Waals surface area contributed by atoms with E-state index in [1.165, 1.54) is 16.4 Å². The summed E-state index contributed by atoms with van der Waals surface area (Å²) in [7, 11) is -3.64. The highest BCUT2D eigenvalue weighted by atomic mass is 35.5. The third-order valence-electron chi connectivity index (χ3n) is 3.76. The molecule has 0 bridgehead atoms. The van der Waals surface area contributed by atoms with Gasteiger partial charge in [0, 0.05) is 12.6 Å². The first-order valence-electron chi connectivity index (χ1n) is 6.50. The lowest BCUT2D eigenvalue weighted by Crippen LogP contribution is -2.44. The van der Waals surface area contributed by atoms with Gasteiger partial charge in [-0.15, -0.1) is 0 Å². The summed E-state index contributed by atoms with van der Waals surface area (Å²) in [6, 6.07) is 2.84. The van der Waals surface area contributed by atoms with Crippen LogP contribution in [-0.2, 0) is 10.0 Å². The van der Waals surface area contributed by atoms with Gasteiger partial charge in [-0.3, -0.25) is 0 Å². The molecule has 7 heteroatoms. The minimum absolute atomic E-state index is 0.00308. The van der Waals surface area contributed by atoms with Gasteiger partial charge in [0.2, 0.25) is 10.0 Å². The van der Waals surface area contributed by atoms with Crippen molar-refractivity contribution < 1.29 is 8.42 Å². The molecule has 1 saturated heterocycles. The molecule has 0 radical (unpaired) electrons. The molecule has 0 aromatic heterocycles. The highest BCUT2D eigenvalue weighted by molar-refractivity contribution is 7.89. The Labute approximate surface area is 129 Å². The van der Waals surface area contributed by atoms with Crippen LogP contribution in [0.1, 0.15) is 26.7 Å². The molecule has 1 fully saturated rings. The van der Waals surface area contributed by atoms with Crippen molar-refractivity contribution in [2.24, 2.45) is 5.92 Å². The van der Waals surface area contributed by atoms with E-state index in [1.54, 1.807) is 0 Å². The van der Waals surface area contributed by atoms with Crippen LogP contribution in [0.2, 0.25) is 10.0 Å². The van der Waals surface area contributed by atoms with E-state index in [1.807, 2.05) is 6.92 Å². The van der Waals surface area contributed by atoms with Crippen LogP contribution >= 0.6 is 23.2 Å². The van der Waals surface area contributed by atoms with Crippen LogP contribution in [0, 0.1) is 5.92 Å². The standard InChI is InChI=1S/C13H18Cl2N2O2S/c1-8-5-6-17(9(2)7-8)20(18,19)11-4-3-10(14)13(16)12(11)15/h3-4,8-9H,5-7,16H2,1-2H3. The van der Waals surface area contributed by atoms with Gasteiger partial charge < -0.3 is 5.73 Å². The molecule has 0 amide bonds. The number of rotatable bonds is 2. The van der Waals surface area contributed by atoms with Crippen molar-refractivity contribution in [1.82, 2.24) is 4.31 Å². The average Bonchev–Trinajstić information content (AvgIpc) is 2.35. The van der Waals surface area contributed by atoms with Crippen LogP contribution in [0.3, 0.4) is 0 Å². The number of benzene rings is 1. The van der Waals surface area contributed by atoms with Crippen LogP contribution < -0.4 is 5.73 Å². The lowest BCUT2D eigenvalue weighted by atomic mass is 9.95. The van der Waals surface area contributed by atoms with Crippen molar-refractivity contribution in [3.63, 3.8) is 0 Å². The molecule has 2 atom stereocenters. The predicted molar refractivity (Wildman–Crippen MR) is 82.6 cm³/mol. The normalized spacial score (nSPS) is 24.8. The minimum Gasteiger partial charge on any atom is -0.396 e. The average molecular weight is 337 g/mol. The molecule has 0 spiro atoms. The molecular formula is C13H18Cl2N2O2S. The fourth-order valence-electron chi connectivity index (χ4n) is 2.62. The van der Waals surface area contributed by atoms with Gasteiger partial charge in [0.25, 0.3) is 0 Å². The molecule has 2 unspecified atom stereocenters. The van der Waals surface area contributed by atoms with Gasteiger partial charge >= 0.3 is 0 Å². The molecule has 1 aliphatic heterocycles. The lowest BCUT2D eigenvalue weighted by Gasteiger charge is -2.35. The Hall–Kier alpha value is -0.490. The highest BCUT2D eigenvalue weighted by Gasteiger charge is 2.34. The molecule has 2 rings (SSSR count). The molecule has 0 aliphatic carbocycles. The van der Waals surface area contributed by atoms with E-state index in [2.05, 4.69) is 6.92 Å². The number of sulfonamides is 1. The molecule has 0 saturated carbocycles. The van der Waals surface area contributed by atoms with Crippen molar-refractivity contribution in [2.75, 3.05) is 12.3 Å². The second-order valence-corrected chi connectivity index (χ2v) is 8.01. The van der Waals surface area contributed by atoms with Gasteiger partial charge in [0.15, 0.2) is 0 Å². The van der Waals surface area contributed by atoms with E-state index in [-0.39, 0.29) is 26.7 Å². The van der Waals surface area contributed by atoms with Gasteiger partial charge in [-0.25, -0.2) is 8.42 Å². The van der Waals surface area contributed by atoms with Crippen molar-refractivity contribution in [3.05, 3.63) is 22.2 Å². The Morgan fingerprint density at radius 1 is 1.30 bits per heavy atom. The third kappa shape index (κ3) is 2.77. The first kappa shape index (κ1) is 15.9. The fraction of sp³-hybridized carbons (Fsp3) is 0.538. The molecule has 1 aliphatic rings. The summed E-state index contributed by atoms with van der Waals surface area (Å²) in [5, 5.41) is 0.262. The van der Waals surface area contributed by atoms with E-state index >= 15 is 0 Å². The van der Waals surface area contributed by atoms with Crippen molar-refractivity contribution in [3.8, 4) is 0 Å². The monoisotopic (exact) mass is 336 g/mol. The van der Waals surface area contributed by atoms with Gasteiger partial charge in [0.1, 0.15) is 4.90 Å². The third-order valence-corrected chi connectivity index (χ3v) is 6.66. The quantitative estimate of drug-likeness (QED) is 0.842. The van der Waals surface area contributed by atoms with E-state index in [4.69, 9.17) is 28.9 Å². The zero-order valence-electron chi connectivity index (χ0n) is 11.4. The second kappa shape index (κ2) is 5.72. The van der Waals surface area contributed by atoms with Gasteiger partial charge in [-0.2, -0.15) is 4.31 Å². The lowest BCUT2D eigenvalue weighted by molar-refractivity contribution is 0.220. The van der Waals surface area contributed by atoms with Crippen LogP contribution in [0.15, 0.2) is 17.0 Å². The van der Waals surface area contributed by atoms with Crippen LogP contribution in [0.5, 0.6) is 0 Å². The van der Waals surface area contributed by atoms with Crippen molar-refractivity contribution in [2.45, 2.75) is 37.6 Å². The van der Waals surface area contributed by atoms with Gasteiger partial charge in [-0.05, 0) is 37.8 Å². The zero-order valence-corrected chi connectivity index (χ0v) is 13.8. The number of hydrogen-bond acceptors (Lipinski definition) is 3. The van der Waals surface area contributed by atoms with Gasteiger partial charge in [0.05, 0.1) is 15.7 Å². The Morgan fingerprint density at radius 3 is 2.55 bits per heavy atom. The number of nitrogens with two attached hydrogens (primary N) is 1. The predicted octanol–water partition coefficient (Wildman–Crippen LogP) is 3.38. The van der Waals surface area contributed by atoms with Crippen LogP contribution in [0.25, 0.3) is 0 Å². The molecule has 1 heterocycles. The Kier molecular flexibility index (Phi) is 4.54. The smallest absolute Gasteiger partial charge is 0.244 e. The van der Waals surface area contributed by atoms with E-state index < -0.39 is 10.0 Å². The van der Waals surface area contributed by atoms with Crippen LogP contribution in [-0.4, -0.2) is 25.3 Å². The molecule has 112 valence electrons. The minimum atomic E-state index is -3.64. The summed E-state index contributed by atoms with van der Waals surface area (Å²) in [5.41, 5.74) is 5.82. The van der Waals surface area contributed by atoms with Crippen molar-refractivity contribution >= 4 is 38.9 Å². The maximum Gasteiger partial charge on any atom is 0.244 e. The summed E-state index contributed by atoms with van der Waals surface area (Å²) in [4.78, 5) is 0.0301. The zero-order chi connectivity index (χ0) is 15.1. The molecule has 1 aromatic rings. The highest BCUT2D eigenvalue weighted by Crippen LogP contribution is 2.36. The van der Waals surface area contributed by atoms with E-state index in [0.717, 1.165) is 12.8 Å². The summed E-state index contributed by atoms with van der Waals surface area (Å²) in [5.74, 6) is 0.530. The first-order valence-corrected chi connectivity index (χ1v) is 8.70. The number of nitrogen functional groups attached to an aromatic ring is 1. The SMILES string of the molecule is CC1CCN(S(=O)(=O)c2ccc(Cl)c(N)c2Cl)C(C)C1. The number of nitrogens with zero attached hydrogens (tertiary/aromatic N) is 1. The van der Waals surface area contributed by atoms with E-state index in [0.29, 0.717) is 12.5 Å². The summed E-state index contributed by atoms with van der Waals surface area (Å²) >= 11 is 11.9. The van der Waals surface area contributed by atoms with Crippen LogP contribution in [0.4, 0.5) is 5.69 Å². The Morgan fingerprint density at radius 2 is 1.95 bits per heavy atom. The van der Waals surface area contributed by atoms with Gasteiger partial charge in [-0.1, -0.05) is 30.1 Å². The molecule has 2 N–H and O–H groups in total. The fourth-order valence-corrected chi connectivity index (χ4v) is 5.02.